The van der Waals surface area contributed by atoms with E-state index in [0.717, 1.165) is 4.90 Å². The second-order valence-electron chi connectivity index (χ2n) is 3.94. The van der Waals surface area contributed by atoms with E-state index in [4.69, 9.17) is 9.84 Å². The van der Waals surface area contributed by atoms with Crippen LogP contribution in [0.2, 0.25) is 0 Å². The second-order valence-corrected chi connectivity index (χ2v) is 6.17. The van der Waals surface area contributed by atoms with Crippen molar-refractivity contribution in [2.75, 3.05) is 24.7 Å². The van der Waals surface area contributed by atoms with Crippen molar-refractivity contribution < 1.29 is 27.9 Å². The van der Waals surface area contributed by atoms with E-state index in [-0.39, 0.29) is 24.5 Å². The Kier molecular flexibility index (Phi) is 4.71. The number of amides is 1. The highest BCUT2D eigenvalue weighted by Crippen LogP contribution is 2.18. The summed E-state index contributed by atoms with van der Waals surface area (Å²) in [4.78, 5) is 23.3. The SMILES string of the molecule is C=CCOC(=O)N(CC(=O)O)C1CCS(=O)(=O)C1. The molecule has 102 valence electrons. The van der Waals surface area contributed by atoms with Gasteiger partial charge in [0, 0.05) is 0 Å². The van der Waals surface area contributed by atoms with Gasteiger partial charge in [-0.3, -0.25) is 9.69 Å². The highest BCUT2D eigenvalue weighted by molar-refractivity contribution is 7.91. The highest BCUT2D eigenvalue weighted by Gasteiger charge is 2.36. The maximum atomic E-state index is 11.6. The standard InChI is InChI=1S/C10H15NO6S/c1-2-4-17-10(14)11(6-9(12)13)8-3-5-18(15,16)7-8/h2,8H,1,3-7H2,(H,12,13). The first-order chi connectivity index (χ1) is 8.35. The van der Waals surface area contributed by atoms with E-state index in [1.165, 1.54) is 6.08 Å². The molecule has 0 aromatic carbocycles. The number of carbonyl (C=O) groups excluding carboxylic acids is 1. The van der Waals surface area contributed by atoms with Crippen LogP contribution in [0, 0.1) is 0 Å². The fourth-order valence-electron chi connectivity index (χ4n) is 1.72. The van der Waals surface area contributed by atoms with Crippen LogP contribution in [-0.2, 0) is 19.4 Å². The van der Waals surface area contributed by atoms with Gasteiger partial charge in [-0.25, -0.2) is 13.2 Å². The lowest BCUT2D eigenvalue weighted by Crippen LogP contribution is -2.44. The van der Waals surface area contributed by atoms with E-state index >= 15 is 0 Å². The van der Waals surface area contributed by atoms with Crippen molar-refractivity contribution >= 4 is 21.9 Å². The van der Waals surface area contributed by atoms with Gasteiger partial charge in [-0.05, 0) is 6.42 Å². The highest BCUT2D eigenvalue weighted by atomic mass is 32.2. The molecule has 0 radical (unpaired) electrons. The monoisotopic (exact) mass is 277 g/mol. The number of ether oxygens (including phenoxy) is 1. The van der Waals surface area contributed by atoms with Crippen molar-refractivity contribution in [2.45, 2.75) is 12.5 Å². The minimum atomic E-state index is -3.19. The Morgan fingerprint density at radius 3 is 2.61 bits per heavy atom. The quantitative estimate of drug-likeness (QED) is 0.703. The third kappa shape index (κ3) is 4.02. The van der Waals surface area contributed by atoms with Gasteiger partial charge in [0.2, 0.25) is 0 Å². The molecule has 0 aliphatic carbocycles. The van der Waals surface area contributed by atoms with Crippen LogP contribution in [0.4, 0.5) is 4.79 Å². The van der Waals surface area contributed by atoms with Crippen molar-refractivity contribution in [1.82, 2.24) is 4.90 Å². The van der Waals surface area contributed by atoms with Gasteiger partial charge in [0.25, 0.3) is 0 Å². The molecule has 0 saturated carbocycles. The van der Waals surface area contributed by atoms with Crippen LogP contribution in [0.15, 0.2) is 12.7 Å². The normalized spacial score (nSPS) is 21.2. The Bertz CT molecular complexity index is 443. The third-order valence-electron chi connectivity index (χ3n) is 2.51. The molecule has 0 spiro atoms. The first kappa shape index (κ1) is 14.5. The van der Waals surface area contributed by atoms with E-state index in [9.17, 15) is 18.0 Å². The van der Waals surface area contributed by atoms with Crippen LogP contribution >= 0.6 is 0 Å². The number of carboxylic acids is 1. The molecule has 1 N–H and O–H groups in total. The number of hydrogen-bond acceptors (Lipinski definition) is 5. The minimum absolute atomic E-state index is 0.0392. The Balaban J connectivity index is 2.75. The Labute approximate surface area is 105 Å². The average Bonchev–Trinajstić information content (AvgIpc) is 2.63. The average molecular weight is 277 g/mol. The molecule has 7 nitrogen and oxygen atoms in total. The zero-order chi connectivity index (χ0) is 13.8. The van der Waals surface area contributed by atoms with Gasteiger partial charge < -0.3 is 9.84 Å². The first-order valence-electron chi connectivity index (χ1n) is 5.32. The van der Waals surface area contributed by atoms with Crippen molar-refractivity contribution in [3.05, 3.63) is 12.7 Å². The lowest BCUT2D eigenvalue weighted by Gasteiger charge is -2.25. The molecular weight excluding hydrogens is 262 g/mol. The number of sulfone groups is 1. The summed E-state index contributed by atoms with van der Waals surface area (Å²) in [6, 6.07) is -0.636. The van der Waals surface area contributed by atoms with Crippen molar-refractivity contribution in [3.63, 3.8) is 0 Å². The molecule has 0 aromatic heterocycles. The largest absolute Gasteiger partial charge is 0.480 e. The first-order valence-corrected chi connectivity index (χ1v) is 7.14. The summed E-state index contributed by atoms with van der Waals surface area (Å²) in [5, 5.41) is 8.73. The number of nitrogens with zero attached hydrogens (tertiary/aromatic N) is 1. The molecule has 1 aliphatic heterocycles. The van der Waals surface area contributed by atoms with Gasteiger partial charge in [0.05, 0.1) is 17.5 Å². The molecular formula is C10H15NO6S. The van der Waals surface area contributed by atoms with Crippen molar-refractivity contribution in [2.24, 2.45) is 0 Å². The molecule has 1 aliphatic rings. The summed E-state index contributed by atoms with van der Waals surface area (Å²) >= 11 is 0. The maximum Gasteiger partial charge on any atom is 0.410 e. The van der Waals surface area contributed by atoms with Gasteiger partial charge in [-0.2, -0.15) is 0 Å². The van der Waals surface area contributed by atoms with Crippen LogP contribution in [-0.4, -0.2) is 61.2 Å². The fraction of sp³-hybridized carbons (Fsp3) is 0.600. The molecule has 1 amide bonds. The van der Waals surface area contributed by atoms with E-state index < -0.39 is 34.5 Å². The number of rotatable bonds is 5. The van der Waals surface area contributed by atoms with Crippen LogP contribution < -0.4 is 0 Å². The number of carbonyl (C=O) groups is 2. The lowest BCUT2D eigenvalue weighted by molar-refractivity contribution is -0.138. The molecule has 1 atom stereocenters. The lowest BCUT2D eigenvalue weighted by atomic mass is 10.2. The van der Waals surface area contributed by atoms with Gasteiger partial charge in [-0.15, -0.1) is 0 Å². The number of carboxylic acid groups (broad SMARTS) is 1. The smallest absolute Gasteiger partial charge is 0.410 e. The van der Waals surface area contributed by atoms with Crippen LogP contribution in [0.1, 0.15) is 6.42 Å². The predicted molar refractivity (Wildman–Crippen MR) is 62.9 cm³/mol. The molecule has 1 rings (SSSR count). The Morgan fingerprint density at radius 2 is 2.17 bits per heavy atom. The summed E-state index contributed by atoms with van der Waals surface area (Å²) < 4.78 is 27.4. The van der Waals surface area contributed by atoms with E-state index in [0.29, 0.717) is 0 Å². The van der Waals surface area contributed by atoms with Crippen LogP contribution in [0.3, 0.4) is 0 Å². The predicted octanol–water partition coefficient (Wildman–Crippen LogP) is -0.117. The number of aliphatic carboxylic acids is 1. The summed E-state index contributed by atoms with van der Waals surface area (Å²) in [6.45, 7) is 2.75. The van der Waals surface area contributed by atoms with E-state index in [1.54, 1.807) is 0 Å². The van der Waals surface area contributed by atoms with Crippen LogP contribution in [0.5, 0.6) is 0 Å². The molecule has 0 aromatic rings. The van der Waals surface area contributed by atoms with E-state index in [1.807, 2.05) is 0 Å². The molecule has 1 fully saturated rings. The van der Waals surface area contributed by atoms with Crippen molar-refractivity contribution in [1.29, 1.82) is 0 Å². The Morgan fingerprint density at radius 1 is 1.50 bits per heavy atom. The molecule has 1 saturated heterocycles. The van der Waals surface area contributed by atoms with Crippen LogP contribution in [0.25, 0.3) is 0 Å². The summed E-state index contributed by atoms with van der Waals surface area (Å²) in [5.41, 5.74) is 0. The molecule has 8 heteroatoms. The van der Waals surface area contributed by atoms with Gasteiger partial charge in [0.1, 0.15) is 13.2 Å². The van der Waals surface area contributed by atoms with Crippen molar-refractivity contribution in [3.8, 4) is 0 Å². The zero-order valence-electron chi connectivity index (χ0n) is 9.74. The molecule has 0 bridgehead atoms. The number of hydrogen-bond donors (Lipinski definition) is 1. The fourth-order valence-corrected chi connectivity index (χ4v) is 3.45. The Hall–Kier alpha value is -1.57. The van der Waals surface area contributed by atoms with Gasteiger partial charge >= 0.3 is 12.1 Å². The minimum Gasteiger partial charge on any atom is -0.480 e. The summed E-state index contributed by atoms with van der Waals surface area (Å²) in [6.07, 6.45) is 0.750. The second kappa shape index (κ2) is 5.85. The van der Waals surface area contributed by atoms with Gasteiger partial charge in [-0.1, -0.05) is 12.7 Å². The zero-order valence-corrected chi connectivity index (χ0v) is 10.6. The molecule has 1 unspecified atom stereocenters. The van der Waals surface area contributed by atoms with Gasteiger partial charge in [0.15, 0.2) is 9.84 Å². The summed E-state index contributed by atoms with van der Waals surface area (Å²) in [5.74, 6) is -1.47. The molecule has 1 heterocycles. The third-order valence-corrected chi connectivity index (χ3v) is 4.26. The summed E-state index contributed by atoms with van der Waals surface area (Å²) in [7, 11) is -3.19. The topological polar surface area (TPSA) is 101 Å². The van der Waals surface area contributed by atoms with E-state index in [2.05, 4.69) is 6.58 Å². The maximum absolute atomic E-state index is 11.6. The molecule has 18 heavy (non-hydrogen) atoms.